The average molecular weight is 413 g/mol. The minimum absolute atomic E-state index is 0.127. The molecule has 0 saturated heterocycles. The molecule has 23 heavy (non-hydrogen) atoms. The van der Waals surface area contributed by atoms with Crippen LogP contribution < -0.4 is 0 Å². The van der Waals surface area contributed by atoms with Gasteiger partial charge in [-0.2, -0.15) is 13.2 Å². The van der Waals surface area contributed by atoms with Crippen molar-refractivity contribution in [3.05, 3.63) is 0 Å². The van der Waals surface area contributed by atoms with Crippen LogP contribution in [0.4, 0.5) is 13.2 Å². The van der Waals surface area contributed by atoms with Crippen LogP contribution in [-0.2, 0) is 0 Å². The summed E-state index contributed by atoms with van der Waals surface area (Å²) in [6.07, 6.45) is -1.76. The lowest BCUT2D eigenvalue weighted by molar-refractivity contribution is -0.160. The van der Waals surface area contributed by atoms with E-state index in [0.717, 1.165) is 18.2 Å². The van der Waals surface area contributed by atoms with E-state index < -0.39 is 20.2 Å². The molecule has 5 heteroatoms. The Bertz CT molecular complexity index is 370. The summed E-state index contributed by atoms with van der Waals surface area (Å²) < 4.78 is 39.9. The summed E-state index contributed by atoms with van der Waals surface area (Å²) in [7, 11) is -2.09. The molecule has 0 fully saturated rings. The number of halogens is 4. The summed E-state index contributed by atoms with van der Waals surface area (Å²) in [6.45, 7) is 12.7. The quantitative estimate of drug-likeness (QED) is 0.169. The molecule has 0 aliphatic carbocycles. The van der Waals surface area contributed by atoms with Crippen molar-refractivity contribution in [1.82, 2.24) is 0 Å². The monoisotopic (exact) mass is 412 g/mol. The molecule has 0 aliphatic heterocycles. The number of alkyl halides is 4. The molecule has 0 bridgehead atoms. The Morgan fingerprint density at radius 2 is 1.35 bits per heavy atom. The zero-order valence-corrected chi connectivity index (χ0v) is 17.9. The summed E-state index contributed by atoms with van der Waals surface area (Å²) in [5.41, 5.74) is 4.31. The molecule has 0 saturated carbocycles. The number of hydrogen-bond acceptors (Lipinski definition) is 0. The number of unbranched alkanes of at least 4 members (excludes halogenated alkanes) is 2. The maximum absolute atomic E-state index is 13.3. The third kappa shape index (κ3) is 6.82. The lowest BCUT2D eigenvalue weighted by atomic mass is 10.0. The van der Waals surface area contributed by atoms with Crippen LogP contribution in [-0.4, -0.2) is 19.6 Å². The van der Waals surface area contributed by atoms with Crippen LogP contribution in [0.5, 0.6) is 0 Å². The van der Waals surface area contributed by atoms with Crippen LogP contribution in [0.3, 0.4) is 0 Å². The van der Waals surface area contributed by atoms with Crippen molar-refractivity contribution >= 4 is 24.0 Å². The average Bonchev–Trinajstić information content (AvgIpc) is 2.39. The van der Waals surface area contributed by atoms with E-state index in [1.54, 1.807) is 0 Å². The largest absolute Gasteiger partial charge is 0.402 e. The molecular weight excluding hydrogens is 381 g/mol. The van der Waals surface area contributed by atoms with Gasteiger partial charge in [0.05, 0.1) is 0 Å². The zero-order valence-electron chi connectivity index (χ0n) is 15.4. The van der Waals surface area contributed by atoms with Crippen molar-refractivity contribution in [2.75, 3.05) is 5.33 Å². The van der Waals surface area contributed by atoms with Crippen LogP contribution in [0, 0.1) is 17.4 Å². The van der Waals surface area contributed by atoms with Crippen LogP contribution >= 0.6 is 15.9 Å². The summed E-state index contributed by atoms with van der Waals surface area (Å²) in [5, 5.41) is 0.847. The highest BCUT2D eigenvalue weighted by atomic mass is 79.9. The fraction of sp³-hybridized carbons (Fsp3) is 0.889. The van der Waals surface area contributed by atoms with E-state index >= 15 is 0 Å². The Kier molecular flexibility index (Phi) is 10.2. The van der Waals surface area contributed by atoms with Gasteiger partial charge in [-0.1, -0.05) is 76.2 Å². The highest BCUT2D eigenvalue weighted by molar-refractivity contribution is 9.09. The smallest absolute Gasteiger partial charge is 0.170 e. The van der Waals surface area contributed by atoms with Crippen LogP contribution in [0.25, 0.3) is 0 Å². The highest BCUT2D eigenvalue weighted by Gasteiger charge is 2.43. The molecule has 1 atom stereocenters. The molecule has 0 amide bonds. The van der Waals surface area contributed by atoms with E-state index in [4.69, 9.17) is 0 Å². The second-order valence-corrected chi connectivity index (χ2v) is 13.7. The van der Waals surface area contributed by atoms with Gasteiger partial charge in [0.2, 0.25) is 0 Å². The zero-order chi connectivity index (χ0) is 18.3. The topological polar surface area (TPSA) is 0 Å². The van der Waals surface area contributed by atoms with Gasteiger partial charge >= 0.3 is 6.18 Å². The van der Waals surface area contributed by atoms with Crippen molar-refractivity contribution in [2.45, 2.75) is 90.0 Å². The van der Waals surface area contributed by atoms with Gasteiger partial charge in [-0.3, -0.25) is 0 Å². The summed E-state index contributed by atoms with van der Waals surface area (Å²) in [6, 6.07) is 0. The van der Waals surface area contributed by atoms with Crippen LogP contribution in [0.15, 0.2) is 0 Å². The minimum atomic E-state index is -4.22. The third-order valence-electron chi connectivity index (χ3n) is 4.85. The van der Waals surface area contributed by atoms with Gasteiger partial charge in [-0.05, 0) is 29.5 Å². The van der Waals surface area contributed by atoms with Gasteiger partial charge in [-0.25, -0.2) is 0 Å². The van der Waals surface area contributed by atoms with Crippen molar-refractivity contribution in [2.24, 2.45) is 5.92 Å². The van der Waals surface area contributed by atoms with E-state index in [-0.39, 0.29) is 6.42 Å². The summed E-state index contributed by atoms with van der Waals surface area (Å²) in [5.74, 6) is 1.23. The molecule has 0 spiro atoms. The summed E-state index contributed by atoms with van der Waals surface area (Å²) >= 11 is 3.32. The van der Waals surface area contributed by atoms with Crippen LogP contribution in [0.2, 0.25) is 16.6 Å². The summed E-state index contributed by atoms with van der Waals surface area (Å²) in [4.78, 5) is 0. The predicted octanol–water partition coefficient (Wildman–Crippen LogP) is 7.34. The highest BCUT2D eigenvalue weighted by Crippen LogP contribution is 2.41. The van der Waals surface area contributed by atoms with Gasteiger partial charge in [0.25, 0.3) is 0 Å². The predicted molar refractivity (Wildman–Crippen MR) is 101 cm³/mol. The molecule has 0 N–H and O–H groups in total. The fourth-order valence-electron chi connectivity index (χ4n) is 3.58. The number of hydrogen-bond donors (Lipinski definition) is 0. The molecule has 136 valence electrons. The Morgan fingerprint density at radius 1 is 0.870 bits per heavy atom. The van der Waals surface area contributed by atoms with Crippen LogP contribution in [0.1, 0.15) is 67.2 Å². The van der Waals surface area contributed by atoms with E-state index in [9.17, 15) is 13.2 Å². The molecule has 0 aromatic carbocycles. The second kappa shape index (κ2) is 10.1. The van der Waals surface area contributed by atoms with E-state index in [1.807, 2.05) is 0 Å². The van der Waals surface area contributed by atoms with E-state index in [0.29, 0.717) is 23.0 Å². The lowest BCUT2D eigenvalue weighted by Crippen LogP contribution is -2.43. The van der Waals surface area contributed by atoms with Gasteiger partial charge in [0, 0.05) is 5.33 Å². The Morgan fingerprint density at radius 3 is 1.70 bits per heavy atom. The molecule has 0 aromatic heterocycles. The standard InChI is InChI=1S/C18H32BrF3Si/c1-14(2)23(15(3)4,16(5)6)13-11-17(18(20,21)22)10-8-7-9-12-19/h14-17H,7-10,12H2,1-6H3/t17-/m1/s1. The Labute approximate surface area is 150 Å². The van der Waals surface area contributed by atoms with E-state index in [2.05, 4.69) is 68.9 Å². The van der Waals surface area contributed by atoms with Gasteiger partial charge < -0.3 is 0 Å². The first-order chi connectivity index (χ1) is 10.5. The normalized spacial score (nSPS) is 14.3. The van der Waals surface area contributed by atoms with Crippen molar-refractivity contribution < 1.29 is 13.2 Å². The number of rotatable bonds is 8. The molecule has 0 aliphatic rings. The van der Waals surface area contributed by atoms with Gasteiger partial charge in [-0.15, -0.1) is 5.54 Å². The van der Waals surface area contributed by atoms with E-state index in [1.165, 1.54) is 0 Å². The fourth-order valence-corrected chi connectivity index (χ4v) is 9.27. The van der Waals surface area contributed by atoms with Crippen molar-refractivity contribution in [1.29, 1.82) is 0 Å². The first kappa shape index (κ1) is 23.0. The molecule has 0 aromatic rings. The Balaban J connectivity index is 5.41. The first-order valence-corrected chi connectivity index (χ1v) is 12.0. The van der Waals surface area contributed by atoms with Gasteiger partial charge in [0.1, 0.15) is 14.0 Å². The second-order valence-electron chi connectivity index (χ2n) is 7.30. The molecule has 0 nitrogen and oxygen atoms in total. The maximum atomic E-state index is 13.3. The van der Waals surface area contributed by atoms with Crippen molar-refractivity contribution in [3.8, 4) is 11.5 Å². The maximum Gasteiger partial charge on any atom is 0.402 e. The first-order valence-electron chi connectivity index (χ1n) is 8.65. The molecule has 0 rings (SSSR count). The van der Waals surface area contributed by atoms with Crippen molar-refractivity contribution in [3.63, 3.8) is 0 Å². The molecule has 0 heterocycles. The minimum Gasteiger partial charge on any atom is -0.170 e. The molecule has 0 radical (unpaired) electrons. The third-order valence-corrected chi connectivity index (χ3v) is 11.7. The molecule has 0 unspecified atom stereocenters. The van der Waals surface area contributed by atoms with Gasteiger partial charge in [0.15, 0.2) is 0 Å². The SMILES string of the molecule is CC(C)[Si](C#C[C@@H](CCCCCBr)C(F)(F)F)(C(C)C)C(C)C. The molecular formula is C18H32BrF3Si. The lowest BCUT2D eigenvalue weighted by Gasteiger charge is -2.38. The Hall–Kier alpha value is 0.0469.